The molecule has 0 bridgehead atoms. The zero-order valence-electron chi connectivity index (χ0n) is 24.0. The quantitative estimate of drug-likeness (QED) is 0.260. The van der Waals surface area contributed by atoms with Gasteiger partial charge in [-0.25, -0.2) is 0 Å². The topological polar surface area (TPSA) is 58.6 Å². The van der Waals surface area contributed by atoms with E-state index in [1.54, 1.807) is 0 Å². The lowest BCUT2D eigenvalue weighted by molar-refractivity contribution is -0.114. The van der Waals surface area contributed by atoms with E-state index in [1.165, 1.54) is 22.9 Å². The maximum absolute atomic E-state index is 11.8. The minimum atomic E-state index is -2.63. The van der Waals surface area contributed by atoms with Crippen LogP contribution in [0.3, 0.4) is 0 Å². The van der Waals surface area contributed by atoms with Gasteiger partial charge in [0.05, 0.1) is 5.69 Å². The third kappa shape index (κ3) is 5.19. The SMILES string of the molecule is CC(=O)Nc1c(C)cc2c(c1O)[C@@H](C)CC[C@@H]2[C@@H](C)CO[Si](c1ccccc1)(c1ccccc1)C(C)(C)C. The van der Waals surface area contributed by atoms with Crippen LogP contribution >= 0.6 is 0 Å². The van der Waals surface area contributed by atoms with Gasteiger partial charge in [0.2, 0.25) is 5.91 Å². The maximum Gasteiger partial charge on any atom is 0.261 e. The first-order valence-electron chi connectivity index (χ1n) is 13.9. The third-order valence-electron chi connectivity index (χ3n) is 8.34. The number of benzene rings is 3. The van der Waals surface area contributed by atoms with Crippen LogP contribution in [0.1, 0.15) is 82.9 Å². The second kappa shape index (κ2) is 11.1. The molecule has 4 rings (SSSR count). The molecule has 3 atom stereocenters. The van der Waals surface area contributed by atoms with E-state index >= 15 is 0 Å². The van der Waals surface area contributed by atoms with Crippen molar-refractivity contribution in [1.82, 2.24) is 0 Å². The lowest BCUT2D eigenvalue weighted by Gasteiger charge is -2.44. The molecule has 202 valence electrons. The van der Waals surface area contributed by atoms with Crippen molar-refractivity contribution in [3.8, 4) is 5.75 Å². The highest BCUT2D eigenvalue weighted by atomic mass is 28.4. The number of nitrogens with one attached hydrogen (secondary N) is 1. The molecule has 1 amide bonds. The summed E-state index contributed by atoms with van der Waals surface area (Å²) < 4.78 is 7.28. The van der Waals surface area contributed by atoms with Gasteiger partial charge in [0.25, 0.3) is 8.32 Å². The molecule has 0 heterocycles. The van der Waals surface area contributed by atoms with Crippen molar-refractivity contribution < 1.29 is 14.3 Å². The van der Waals surface area contributed by atoms with E-state index in [2.05, 4.69) is 107 Å². The van der Waals surface area contributed by atoms with E-state index in [9.17, 15) is 9.90 Å². The van der Waals surface area contributed by atoms with Gasteiger partial charge in [0, 0.05) is 19.1 Å². The molecule has 38 heavy (non-hydrogen) atoms. The number of aromatic hydroxyl groups is 1. The van der Waals surface area contributed by atoms with Gasteiger partial charge >= 0.3 is 0 Å². The molecule has 4 nitrogen and oxygen atoms in total. The smallest absolute Gasteiger partial charge is 0.261 e. The summed E-state index contributed by atoms with van der Waals surface area (Å²) in [5, 5.41) is 16.6. The summed E-state index contributed by atoms with van der Waals surface area (Å²) in [5.41, 5.74) is 3.62. The number of carbonyl (C=O) groups excluding carboxylic acids is 1. The summed E-state index contributed by atoms with van der Waals surface area (Å²) >= 11 is 0. The average Bonchev–Trinajstić information content (AvgIpc) is 2.87. The van der Waals surface area contributed by atoms with Crippen molar-refractivity contribution in [2.75, 3.05) is 11.9 Å². The first kappa shape index (κ1) is 28.1. The van der Waals surface area contributed by atoms with E-state index in [0.717, 1.165) is 24.0 Å². The minimum absolute atomic E-state index is 0.0729. The Balaban J connectivity index is 1.72. The standard InChI is InChI=1S/C33H43NO3Si/c1-22-18-19-28(29-20-23(2)31(34-25(4)35)32(36)30(22)29)24(3)21-37-38(33(5,6)7,26-14-10-8-11-15-26)27-16-12-9-13-17-27/h8-17,20,22,24,28,36H,18-19,21H2,1-7H3,(H,34,35)/t22-,24-,28+/m0/s1. The molecule has 1 aliphatic carbocycles. The molecule has 1 aliphatic rings. The molecular weight excluding hydrogens is 486 g/mol. The van der Waals surface area contributed by atoms with Gasteiger partial charge in [0.15, 0.2) is 0 Å². The highest BCUT2D eigenvalue weighted by Crippen LogP contribution is 2.49. The number of phenolic OH excluding ortho intramolecular Hbond substituents is 1. The number of aryl methyl sites for hydroxylation is 1. The fourth-order valence-electron chi connectivity index (χ4n) is 6.45. The Morgan fingerprint density at radius 1 is 1.05 bits per heavy atom. The first-order chi connectivity index (χ1) is 18.0. The van der Waals surface area contributed by atoms with Crippen LogP contribution in [-0.2, 0) is 9.22 Å². The monoisotopic (exact) mass is 529 g/mol. The summed E-state index contributed by atoms with van der Waals surface area (Å²) in [6.45, 7) is 15.5. The molecule has 3 aromatic rings. The number of rotatable bonds is 7. The van der Waals surface area contributed by atoms with Crippen LogP contribution in [0.5, 0.6) is 5.75 Å². The number of hydrogen-bond acceptors (Lipinski definition) is 3. The summed E-state index contributed by atoms with van der Waals surface area (Å²) in [6.07, 6.45) is 2.05. The van der Waals surface area contributed by atoms with Gasteiger partial charge in [-0.05, 0) is 64.1 Å². The molecule has 0 spiro atoms. The highest BCUT2D eigenvalue weighted by Gasteiger charge is 2.50. The van der Waals surface area contributed by atoms with Gasteiger partial charge in [-0.1, -0.05) is 101 Å². The fourth-order valence-corrected chi connectivity index (χ4v) is 11.1. The largest absolute Gasteiger partial charge is 0.505 e. The van der Waals surface area contributed by atoms with E-state index in [1.807, 2.05) is 6.92 Å². The molecule has 0 unspecified atom stereocenters. The Labute approximate surface area is 229 Å². The van der Waals surface area contributed by atoms with Gasteiger partial charge in [-0.15, -0.1) is 0 Å². The molecule has 5 heteroatoms. The Morgan fingerprint density at radius 2 is 1.61 bits per heavy atom. The number of carbonyl (C=O) groups is 1. The second-order valence-corrected chi connectivity index (χ2v) is 16.4. The fraction of sp³-hybridized carbons (Fsp3) is 0.424. The molecule has 0 saturated carbocycles. The van der Waals surface area contributed by atoms with Gasteiger partial charge in [-0.2, -0.15) is 0 Å². The Morgan fingerprint density at radius 3 is 2.11 bits per heavy atom. The third-order valence-corrected chi connectivity index (χ3v) is 13.3. The van der Waals surface area contributed by atoms with Crippen molar-refractivity contribution in [2.45, 2.75) is 78.2 Å². The Kier molecular flexibility index (Phi) is 8.19. The van der Waals surface area contributed by atoms with Crippen LogP contribution in [0.15, 0.2) is 66.7 Å². The van der Waals surface area contributed by atoms with Crippen LogP contribution in [-0.4, -0.2) is 25.9 Å². The highest BCUT2D eigenvalue weighted by molar-refractivity contribution is 6.99. The summed E-state index contributed by atoms with van der Waals surface area (Å²) in [5.74, 6) is 0.825. The van der Waals surface area contributed by atoms with Crippen molar-refractivity contribution in [1.29, 1.82) is 0 Å². The molecule has 0 radical (unpaired) electrons. The summed E-state index contributed by atoms with van der Waals surface area (Å²) in [7, 11) is -2.63. The van der Waals surface area contributed by atoms with Crippen molar-refractivity contribution in [3.63, 3.8) is 0 Å². The van der Waals surface area contributed by atoms with E-state index in [4.69, 9.17) is 4.43 Å². The normalized spacial score (nSPS) is 18.5. The second-order valence-electron chi connectivity index (χ2n) is 12.1. The van der Waals surface area contributed by atoms with Crippen LogP contribution in [0.2, 0.25) is 5.04 Å². The number of anilines is 1. The lowest BCUT2D eigenvalue weighted by Crippen LogP contribution is -2.67. The van der Waals surface area contributed by atoms with Gasteiger partial charge in [-0.3, -0.25) is 4.79 Å². The maximum atomic E-state index is 11.8. The van der Waals surface area contributed by atoms with Gasteiger partial charge < -0.3 is 14.8 Å². The number of phenols is 1. The molecule has 3 aromatic carbocycles. The zero-order valence-corrected chi connectivity index (χ0v) is 25.0. The number of fused-ring (bicyclic) bond motifs is 1. The molecule has 2 N–H and O–H groups in total. The molecule has 0 saturated heterocycles. The Bertz CT molecular complexity index is 1230. The summed E-state index contributed by atoms with van der Waals surface area (Å²) in [4.78, 5) is 11.8. The molecule has 0 aliphatic heterocycles. The predicted molar refractivity (Wildman–Crippen MR) is 160 cm³/mol. The van der Waals surface area contributed by atoms with Crippen molar-refractivity contribution >= 4 is 30.3 Å². The lowest BCUT2D eigenvalue weighted by atomic mass is 9.71. The van der Waals surface area contributed by atoms with Crippen LogP contribution in [0.4, 0.5) is 5.69 Å². The van der Waals surface area contributed by atoms with Crippen LogP contribution in [0.25, 0.3) is 0 Å². The van der Waals surface area contributed by atoms with Crippen molar-refractivity contribution in [2.24, 2.45) is 5.92 Å². The number of hydrogen-bond donors (Lipinski definition) is 2. The van der Waals surface area contributed by atoms with Crippen LogP contribution in [0, 0.1) is 12.8 Å². The first-order valence-corrected chi connectivity index (χ1v) is 15.8. The molecule has 0 aromatic heterocycles. The van der Waals surface area contributed by atoms with Crippen LogP contribution < -0.4 is 15.7 Å². The Hall–Kier alpha value is -2.89. The van der Waals surface area contributed by atoms with E-state index in [0.29, 0.717) is 12.3 Å². The van der Waals surface area contributed by atoms with E-state index < -0.39 is 8.32 Å². The molecular formula is C33H43NO3Si. The number of amides is 1. The van der Waals surface area contributed by atoms with E-state index in [-0.39, 0.29) is 34.4 Å². The summed E-state index contributed by atoms with van der Waals surface area (Å²) in [6, 6.07) is 23.7. The zero-order chi connectivity index (χ0) is 27.7. The predicted octanol–water partition coefficient (Wildman–Crippen LogP) is 6.85. The average molecular weight is 530 g/mol. The van der Waals surface area contributed by atoms with Crippen molar-refractivity contribution in [3.05, 3.63) is 83.4 Å². The minimum Gasteiger partial charge on any atom is -0.505 e. The molecule has 0 fully saturated rings. The van der Waals surface area contributed by atoms with Gasteiger partial charge in [0.1, 0.15) is 5.75 Å².